The number of ether oxygens (including phenoxy) is 1. The number of methoxy groups -OCH3 is 1. The van der Waals surface area contributed by atoms with Gasteiger partial charge in [-0.05, 0) is 43.6 Å². The predicted molar refractivity (Wildman–Crippen MR) is 121 cm³/mol. The molecule has 4 unspecified atom stereocenters. The molecule has 0 aromatic heterocycles. The van der Waals surface area contributed by atoms with E-state index < -0.39 is 0 Å². The van der Waals surface area contributed by atoms with E-state index >= 15 is 0 Å². The van der Waals surface area contributed by atoms with Crippen molar-refractivity contribution < 1.29 is 14.3 Å². The molecule has 0 bridgehead atoms. The zero-order valence-corrected chi connectivity index (χ0v) is 19.2. The lowest BCUT2D eigenvalue weighted by Gasteiger charge is -2.28. The van der Waals surface area contributed by atoms with Crippen LogP contribution < -0.4 is 5.32 Å². The van der Waals surface area contributed by atoms with Crippen LogP contribution in [0.4, 0.5) is 0 Å². The third-order valence-corrected chi connectivity index (χ3v) is 6.42. The van der Waals surface area contributed by atoms with E-state index in [0.29, 0.717) is 18.9 Å². The molecule has 0 aliphatic carbocycles. The molecule has 2 amide bonds. The summed E-state index contributed by atoms with van der Waals surface area (Å²) in [6.07, 6.45) is 5.99. The van der Waals surface area contributed by atoms with Crippen LogP contribution in [0.15, 0.2) is 30.3 Å². The van der Waals surface area contributed by atoms with Crippen LogP contribution in [0.1, 0.15) is 64.9 Å². The van der Waals surface area contributed by atoms with Gasteiger partial charge in [-0.15, -0.1) is 0 Å². The number of nitrogens with zero attached hydrogens (tertiary/aromatic N) is 1. The van der Waals surface area contributed by atoms with E-state index in [0.717, 1.165) is 45.1 Å². The Morgan fingerprint density at radius 1 is 1.23 bits per heavy atom. The number of likely N-dealkylation sites (tertiary alicyclic amines) is 1. The van der Waals surface area contributed by atoms with Crippen LogP contribution in [0.5, 0.6) is 0 Å². The summed E-state index contributed by atoms with van der Waals surface area (Å²) in [6.45, 7) is 7.78. The molecule has 0 saturated carbocycles. The van der Waals surface area contributed by atoms with Crippen molar-refractivity contribution in [1.82, 2.24) is 10.2 Å². The van der Waals surface area contributed by atoms with E-state index in [9.17, 15) is 9.59 Å². The van der Waals surface area contributed by atoms with Gasteiger partial charge in [0.15, 0.2) is 0 Å². The first kappa shape index (κ1) is 24.4. The van der Waals surface area contributed by atoms with Crippen molar-refractivity contribution >= 4 is 11.8 Å². The fourth-order valence-electron chi connectivity index (χ4n) is 4.26. The van der Waals surface area contributed by atoms with Crippen LogP contribution in [0.25, 0.3) is 0 Å². The molecule has 0 radical (unpaired) electrons. The summed E-state index contributed by atoms with van der Waals surface area (Å²) < 4.78 is 5.58. The number of hydrogen-bond donors (Lipinski definition) is 1. The first-order chi connectivity index (χ1) is 14.4. The van der Waals surface area contributed by atoms with Gasteiger partial charge >= 0.3 is 0 Å². The highest BCUT2D eigenvalue weighted by molar-refractivity contribution is 5.79. The molecule has 1 heterocycles. The maximum absolute atomic E-state index is 12.9. The van der Waals surface area contributed by atoms with E-state index in [-0.39, 0.29) is 29.9 Å². The number of rotatable bonds is 12. The van der Waals surface area contributed by atoms with Crippen LogP contribution in [-0.2, 0) is 20.7 Å². The van der Waals surface area contributed by atoms with E-state index in [2.05, 4.69) is 31.3 Å². The summed E-state index contributed by atoms with van der Waals surface area (Å²) in [5.74, 6) is 0.704. The first-order valence-electron chi connectivity index (χ1n) is 11.6. The Bertz CT molecular complexity index is 649. The lowest BCUT2D eigenvalue weighted by atomic mass is 9.97. The zero-order chi connectivity index (χ0) is 21.9. The Kier molecular flexibility index (Phi) is 10.4. The van der Waals surface area contributed by atoms with Gasteiger partial charge < -0.3 is 15.0 Å². The van der Waals surface area contributed by atoms with Gasteiger partial charge in [-0.3, -0.25) is 9.59 Å². The zero-order valence-electron chi connectivity index (χ0n) is 19.2. The maximum atomic E-state index is 12.9. The third kappa shape index (κ3) is 7.75. The summed E-state index contributed by atoms with van der Waals surface area (Å²) in [5.41, 5.74) is 1.23. The smallest absolute Gasteiger partial charge is 0.225 e. The van der Waals surface area contributed by atoms with Crippen molar-refractivity contribution in [3.8, 4) is 0 Å². The average Bonchev–Trinajstić information content (AvgIpc) is 3.21. The largest absolute Gasteiger partial charge is 0.381 e. The van der Waals surface area contributed by atoms with Gasteiger partial charge in [-0.25, -0.2) is 0 Å². The molecule has 2 rings (SSSR count). The molecule has 1 aromatic rings. The number of benzene rings is 1. The second-order valence-electron chi connectivity index (χ2n) is 8.86. The standard InChI is InChI=1S/C25H40N2O3/c1-5-19(2)16-23(30-4)18-24(28)27-15-9-12-22(27)17-20(3)25(29)26-14-13-21-10-7-6-8-11-21/h6-8,10-11,19-20,22-23H,5,9,12-18H2,1-4H3,(H,26,29). The van der Waals surface area contributed by atoms with E-state index in [1.165, 1.54) is 5.56 Å². The predicted octanol–water partition coefficient (Wildman–Crippen LogP) is 4.20. The Balaban J connectivity index is 1.79. The Hall–Kier alpha value is -1.88. The summed E-state index contributed by atoms with van der Waals surface area (Å²) in [6, 6.07) is 10.3. The highest BCUT2D eigenvalue weighted by Gasteiger charge is 2.32. The van der Waals surface area contributed by atoms with Crippen molar-refractivity contribution in [2.45, 2.75) is 77.9 Å². The molecular formula is C25H40N2O3. The van der Waals surface area contributed by atoms with Crippen molar-refractivity contribution in [1.29, 1.82) is 0 Å². The highest BCUT2D eigenvalue weighted by atomic mass is 16.5. The molecule has 168 valence electrons. The van der Waals surface area contributed by atoms with Crippen molar-refractivity contribution in [3.63, 3.8) is 0 Å². The van der Waals surface area contributed by atoms with Crippen molar-refractivity contribution in [2.75, 3.05) is 20.2 Å². The van der Waals surface area contributed by atoms with Gasteiger partial charge in [0.2, 0.25) is 11.8 Å². The Morgan fingerprint density at radius 3 is 2.63 bits per heavy atom. The van der Waals surface area contributed by atoms with Gasteiger partial charge in [0.1, 0.15) is 0 Å². The Morgan fingerprint density at radius 2 is 1.97 bits per heavy atom. The summed E-state index contributed by atoms with van der Waals surface area (Å²) in [7, 11) is 1.70. The summed E-state index contributed by atoms with van der Waals surface area (Å²) >= 11 is 0. The number of amides is 2. The van der Waals surface area contributed by atoms with Gasteiger partial charge in [0.25, 0.3) is 0 Å². The molecule has 1 aliphatic heterocycles. The van der Waals surface area contributed by atoms with Crippen LogP contribution in [-0.4, -0.2) is 49.1 Å². The third-order valence-electron chi connectivity index (χ3n) is 6.42. The molecule has 5 heteroatoms. The molecular weight excluding hydrogens is 376 g/mol. The molecule has 1 aliphatic rings. The van der Waals surface area contributed by atoms with Crippen LogP contribution in [0, 0.1) is 11.8 Å². The van der Waals surface area contributed by atoms with Gasteiger partial charge in [-0.1, -0.05) is 57.5 Å². The minimum atomic E-state index is -0.0995. The topological polar surface area (TPSA) is 58.6 Å². The lowest BCUT2D eigenvalue weighted by molar-refractivity contribution is -0.136. The van der Waals surface area contributed by atoms with E-state index in [1.54, 1.807) is 7.11 Å². The minimum absolute atomic E-state index is 0.0209. The number of carbonyl (C=O) groups is 2. The quantitative estimate of drug-likeness (QED) is 0.555. The first-order valence-corrected chi connectivity index (χ1v) is 11.6. The molecule has 4 atom stereocenters. The molecule has 0 spiro atoms. The number of hydrogen-bond acceptors (Lipinski definition) is 3. The normalized spacial score (nSPS) is 19.3. The average molecular weight is 417 g/mol. The number of nitrogens with one attached hydrogen (secondary N) is 1. The summed E-state index contributed by atoms with van der Waals surface area (Å²) in [5, 5.41) is 3.06. The van der Waals surface area contributed by atoms with Gasteiger partial charge in [0, 0.05) is 32.2 Å². The monoisotopic (exact) mass is 416 g/mol. The second kappa shape index (κ2) is 12.7. The van der Waals surface area contributed by atoms with E-state index in [4.69, 9.17) is 4.74 Å². The van der Waals surface area contributed by atoms with Crippen molar-refractivity contribution in [2.24, 2.45) is 11.8 Å². The molecule has 30 heavy (non-hydrogen) atoms. The van der Waals surface area contributed by atoms with Crippen LogP contribution in [0.2, 0.25) is 0 Å². The maximum Gasteiger partial charge on any atom is 0.225 e. The van der Waals surface area contributed by atoms with E-state index in [1.807, 2.05) is 30.0 Å². The van der Waals surface area contributed by atoms with Crippen LogP contribution in [0.3, 0.4) is 0 Å². The molecule has 1 aromatic carbocycles. The molecule has 1 N–H and O–H groups in total. The molecule has 5 nitrogen and oxygen atoms in total. The molecule has 1 saturated heterocycles. The lowest BCUT2D eigenvalue weighted by Crippen LogP contribution is -2.40. The fraction of sp³-hybridized carbons (Fsp3) is 0.680. The summed E-state index contributed by atoms with van der Waals surface area (Å²) in [4.78, 5) is 27.5. The number of carbonyl (C=O) groups excluding carboxylic acids is 2. The molecule has 1 fully saturated rings. The minimum Gasteiger partial charge on any atom is -0.381 e. The van der Waals surface area contributed by atoms with Gasteiger partial charge in [0.05, 0.1) is 12.5 Å². The highest BCUT2D eigenvalue weighted by Crippen LogP contribution is 2.26. The Labute approximate surface area is 182 Å². The second-order valence-corrected chi connectivity index (χ2v) is 8.86. The van der Waals surface area contributed by atoms with Crippen LogP contribution >= 0.6 is 0 Å². The van der Waals surface area contributed by atoms with Crippen molar-refractivity contribution in [3.05, 3.63) is 35.9 Å². The fourth-order valence-corrected chi connectivity index (χ4v) is 4.26. The van der Waals surface area contributed by atoms with Gasteiger partial charge in [-0.2, -0.15) is 0 Å². The SMILES string of the molecule is CCC(C)CC(CC(=O)N1CCCC1CC(C)C(=O)NCCc1ccccc1)OC.